The predicted octanol–water partition coefficient (Wildman–Crippen LogP) is 3.37. The van der Waals surface area contributed by atoms with Crippen molar-refractivity contribution in [3.63, 3.8) is 0 Å². The fourth-order valence-electron chi connectivity index (χ4n) is 4.43. The molecule has 3 heterocycles. The van der Waals surface area contributed by atoms with Crippen LogP contribution in [0.2, 0.25) is 0 Å². The second-order valence-corrected chi connectivity index (χ2v) is 7.03. The molecule has 1 unspecified atom stereocenters. The zero-order chi connectivity index (χ0) is 14.9. The van der Waals surface area contributed by atoms with Crippen LogP contribution in [0.25, 0.3) is 0 Å². The number of fused-ring (bicyclic) bond motifs is 3. The van der Waals surface area contributed by atoms with Gasteiger partial charge in [-0.1, -0.05) is 25.7 Å². The highest BCUT2D eigenvalue weighted by atomic mass is 16.2. The van der Waals surface area contributed by atoms with Gasteiger partial charge in [-0.05, 0) is 37.3 Å². The Balaban J connectivity index is 1.51. The number of anilines is 2. The van der Waals surface area contributed by atoms with E-state index in [1.165, 1.54) is 38.5 Å². The molecule has 0 radical (unpaired) electrons. The van der Waals surface area contributed by atoms with Crippen LogP contribution in [0.15, 0.2) is 18.3 Å². The minimum atomic E-state index is 0.299. The topological polar surface area (TPSA) is 36.4 Å². The fraction of sp³-hybridized carbons (Fsp3) is 0.667. The number of carbonyl (C=O) groups excluding carboxylic acids is 1. The van der Waals surface area contributed by atoms with Crippen LogP contribution in [0.3, 0.4) is 0 Å². The Morgan fingerprint density at radius 3 is 2.95 bits per heavy atom. The van der Waals surface area contributed by atoms with Crippen LogP contribution < -0.4 is 9.80 Å². The van der Waals surface area contributed by atoms with Gasteiger partial charge in [-0.2, -0.15) is 0 Å². The molecule has 1 aromatic rings. The molecule has 1 aromatic heterocycles. The molecule has 1 aliphatic carbocycles. The number of hydrogen-bond donors (Lipinski definition) is 0. The first-order valence-corrected chi connectivity index (χ1v) is 8.85. The third kappa shape index (κ3) is 2.49. The van der Waals surface area contributed by atoms with Gasteiger partial charge in [0.05, 0.1) is 5.69 Å². The Kier molecular flexibility index (Phi) is 3.77. The van der Waals surface area contributed by atoms with E-state index < -0.39 is 0 Å². The Morgan fingerprint density at radius 2 is 2.09 bits per heavy atom. The van der Waals surface area contributed by atoms with Gasteiger partial charge in [0.15, 0.2) is 5.82 Å². The van der Waals surface area contributed by atoms with E-state index in [2.05, 4.69) is 16.0 Å². The number of carbonyl (C=O) groups is 1. The lowest BCUT2D eigenvalue weighted by molar-refractivity contribution is -0.119. The molecule has 4 heteroatoms. The molecule has 4 rings (SSSR count). The lowest BCUT2D eigenvalue weighted by Crippen LogP contribution is -2.48. The summed E-state index contributed by atoms with van der Waals surface area (Å²) in [4.78, 5) is 21.8. The lowest BCUT2D eigenvalue weighted by Gasteiger charge is -2.39. The molecule has 3 aliphatic rings. The fourth-order valence-corrected chi connectivity index (χ4v) is 4.43. The number of nitrogens with zero attached hydrogens (tertiary/aromatic N) is 3. The van der Waals surface area contributed by atoms with Gasteiger partial charge in [0.2, 0.25) is 5.91 Å². The maximum Gasteiger partial charge on any atom is 0.227 e. The van der Waals surface area contributed by atoms with E-state index >= 15 is 0 Å². The predicted molar refractivity (Wildman–Crippen MR) is 88.2 cm³/mol. The van der Waals surface area contributed by atoms with Gasteiger partial charge in [-0.15, -0.1) is 0 Å². The van der Waals surface area contributed by atoms with E-state index in [4.69, 9.17) is 0 Å². The average Bonchev–Trinajstić information content (AvgIpc) is 3.23. The summed E-state index contributed by atoms with van der Waals surface area (Å²) in [5.74, 6) is 2.10. The van der Waals surface area contributed by atoms with Crippen LogP contribution in [-0.2, 0) is 4.79 Å². The van der Waals surface area contributed by atoms with Crippen molar-refractivity contribution in [1.29, 1.82) is 0 Å². The van der Waals surface area contributed by atoms with Crippen LogP contribution in [0.5, 0.6) is 0 Å². The molecule has 22 heavy (non-hydrogen) atoms. The molecule has 1 saturated carbocycles. The molecule has 2 fully saturated rings. The highest BCUT2D eigenvalue weighted by molar-refractivity contribution is 5.97. The molecule has 1 saturated heterocycles. The van der Waals surface area contributed by atoms with E-state index in [0.717, 1.165) is 36.9 Å². The second kappa shape index (κ2) is 5.90. The summed E-state index contributed by atoms with van der Waals surface area (Å²) in [5, 5.41) is 0. The van der Waals surface area contributed by atoms with Crippen molar-refractivity contribution in [3.05, 3.63) is 18.3 Å². The van der Waals surface area contributed by atoms with Crippen molar-refractivity contribution < 1.29 is 4.79 Å². The lowest BCUT2D eigenvalue weighted by atomic mass is 10.0. The van der Waals surface area contributed by atoms with Crippen LogP contribution in [0.4, 0.5) is 11.5 Å². The minimum Gasteiger partial charge on any atom is -0.350 e. The molecule has 2 aliphatic heterocycles. The molecule has 4 nitrogen and oxygen atoms in total. The number of pyridine rings is 1. The SMILES string of the molecule is O=C(CCC1CCCC1)N1CC2CCCN2c2ncccc21. The normalized spacial score (nSPS) is 24.5. The molecule has 0 aromatic carbocycles. The first-order valence-electron chi connectivity index (χ1n) is 8.85. The molecular formula is C18H25N3O. The number of hydrogen-bond acceptors (Lipinski definition) is 3. The quantitative estimate of drug-likeness (QED) is 0.858. The first-order chi connectivity index (χ1) is 10.8. The summed E-state index contributed by atoms with van der Waals surface area (Å²) in [6.45, 7) is 1.93. The maximum atomic E-state index is 12.8. The summed E-state index contributed by atoms with van der Waals surface area (Å²) >= 11 is 0. The number of amides is 1. The molecule has 0 N–H and O–H groups in total. The highest BCUT2D eigenvalue weighted by Crippen LogP contribution is 2.38. The minimum absolute atomic E-state index is 0.299. The van der Waals surface area contributed by atoms with Crippen molar-refractivity contribution in [2.75, 3.05) is 22.9 Å². The molecule has 0 spiro atoms. The van der Waals surface area contributed by atoms with E-state index in [0.29, 0.717) is 18.4 Å². The van der Waals surface area contributed by atoms with Gasteiger partial charge < -0.3 is 9.80 Å². The zero-order valence-corrected chi connectivity index (χ0v) is 13.2. The summed E-state index contributed by atoms with van der Waals surface area (Å²) < 4.78 is 0. The molecule has 1 atom stereocenters. The molecule has 1 amide bonds. The Hall–Kier alpha value is -1.58. The zero-order valence-electron chi connectivity index (χ0n) is 13.2. The monoisotopic (exact) mass is 299 g/mol. The highest BCUT2D eigenvalue weighted by Gasteiger charge is 2.36. The summed E-state index contributed by atoms with van der Waals surface area (Å²) in [5.41, 5.74) is 1.03. The van der Waals surface area contributed by atoms with Crippen LogP contribution in [-0.4, -0.2) is 30.0 Å². The van der Waals surface area contributed by atoms with Crippen molar-refractivity contribution in [3.8, 4) is 0 Å². The van der Waals surface area contributed by atoms with E-state index in [1.54, 1.807) is 0 Å². The van der Waals surface area contributed by atoms with Gasteiger partial charge >= 0.3 is 0 Å². The summed E-state index contributed by atoms with van der Waals surface area (Å²) in [6, 6.07) is 4.48. The average molecular weight is 299 g/mol. The van der Waals surface area contributed by atoms with Crippen LogP contribution in [0, 0.1) is 5.92 Å². The van der Waals surface area contributed by atoms with Crippen molar-refractivity contribution >= 4 is 17.4 Å². The largest absolute Gasteiger partial charge is 0.350 e. The van der Waals surface area contributed by atoms with Crippen LogP contribution >= 0.6 is 0 Å². The number of rotatable bonds is 3. The second-order valence-electron chi connectivity index (χ2n) is 7.03. The van der Waals surface area contributed by atoms with E-state index in [9.17, 15) is 4.79 Å². The van der Waals surface area contributed by atoms with Gasteiger partial charge in [-0.25, -0.2) is 4.98 Å². The van der Waals surface area contributed by atoms with Crippen molar-refractivity contribution in [1.82, 2.24) is 4.98 Å². The van der Waals surface area contributed by atoms with Gasteiger partial charge in [0.1, 0.15) is 0 Å². The maximum absolute atomic E-state index is 12.8. The Labute approximate surface area is 132 Å². The van der Waals surface area contributed by atoms with Gasteiger partial charge in [0.25, 0.3) is 0 Å². The molecular weight excluding hydrogens is 274 g/mol. The molecule has 0 bridgehead atoms. The smallest absolute Gasteiger partial charge is 0.227 e. The van der Waals surface area contributed by atoms with Crippen LogP contribution in [0.1, 0.15) is 51.4 Å². The standard InChI is InChI=1S/C18H25N3O/c22-17(10-9-14-5-1-2-6-14)21-13-15-7-4-12-20(15)18-16(21)8-3-11-19-18/h3,8,11,14-15H,1-2,4-7,9-10,12-13H2. The summed E-state index contributed by atoms with van der Waals surface area (Å²) in [7, 11) is 0. The summed E-state index contributed by atoms with van der Waals surface area (Å²) in [6.07, 6.45) is 11.4. The van der Waals surface area contributed by atoms with E-state index in [1.807, 2.05) is 17.2 Å². The number of aromatic nitrogens is 1. The Morgan fingerprint density at radius 1 is 1.23 bits per heavy atom. The Bertz CT molecular complexity index is 553. The first kappa shape index (κ1) is 14.0. The third-order valence-electron chi connectivity index (χ3n) is 5.64. The van der Waals surface area contributed by atoms with E-state index in [-0.39, 0.29) is 0 Å². The van der Waals surface area contributed by atoms with Crippen molar-refractivity contribution in [2.45, 2.75) is 57.4 Å². The van der Waals surface area contributed by atoms with Crippen molar-refractivity contribution in [2.24, 2.45) is 5.92 Å². The van der Waals surface area contributed by atoms with Gasteiger partial charge in [-0.3, -0.25) is 4.79 Å². The molecule has 118 valence electrons. The van der Waals surface area contributed by atoms with Gasteiger partial charge in [0, 0.05) is 31.7 Å². The third-order valence-corrected chi connectivity index (χ3v) is 5.64.